The van der Waals surface area contributed by atoms with Gasteiger partial charge in [0.15, 0.2) is 0 Å². The van der Waals surface area contributed by atoms with Crippen LogP contribution in [-0.2, 0) is 0 Å². The van der Waals surface area contributed by atoms with Crippen LogP contribution in [0.3, 0.4) is 0 Å². The third-order valence-corrected chi connectivity index (χ3v) is 1.85. The maximum absolute atomic E-state index is 8.43. The van der Waals surface area contributed by atoms with Gasteiger partial charge in [0.2, 0.25) is 0 Å². The van der Waals surface area contributed by atoms with Crippen molar-refractivity contribution in [3.8, 4) is 0 Å². The molecular formula is C7H15NO. The van der Waals surface area contributed by atoms with Gasteiger partial charge < -0.3 is 10.4 Å². The second-order valence-electron chi connectivity index (χ2n) is 2.85. The molecule has 2 nitrogen and oxygen atoms in total. The second kappa shape index (κ2) is 3.18. The topological polar surface area (TPSA) is 32.3 Å². The maximum atomic E-state index is 8.43. The van der Waals surface area contributed by atoms with Crippen molar-refractivity contribution in [2.24, 2.45) is 5.92 Å². The van der Waals surface area contributed by atoms with Crippen LogP contribution in [0.1, 0.15) is 19.8 Å². The molecule has 0 saturated heterocycles. The highest BCUT2D eigenvalue weighted by atomic mass is 16.3. The van der Waals surface area contributed by atoms with Crippen LogP contribution in [0.4, 0.5) is 0 Å². The average Bonchev–Trinajstić information content (AvgIpc) is 2.48. The number of hydrogen-bond acceptors (Lipinski definition) is 2. The van der Waals surface area contributed by atoms with E-state index < -0.39 is 0 Å². The highest BCUT2D eigenvalue weighted by Crippen LogP contribution is 2.28. The van der Waals surface area contributed by atoms with E-state index in [0.29, 0.717) is 6.61 Å². The van der Waals surface area contributed by atoms with Crippen LogP contribution < -0.4 is 5.32 Å². The fraction of sp³-hybridized carbons (Fsp3) is 1.00. The molecular weight excluding hydrogens is 114 g/mol. The highest BCUT2D eigenvalue weighted by Gasteiger charge is 2.31. The first-order chi connectivity index (χ1) is 4.34. The molecule has 1 fully saturated rings. The predicted molar refractivity (Wildman–Crippen MR) is 37.3 cm³/mol. The molecule has 1 aliphatic carbocycles. The van der Waals surface area contributed by atoms with Crippen molar-refractivity contribution < 1.29 is 5.11 Å². The van der Waals surface area contributed by atoms with Crippen LogP contribution in [0.2, 0.25) is 0 Å². The molecule has 0 aromatic carbocycles. The lowest BCUT2D eigenvalue weighted by Crippen LogP contribution is -2.19. The van der Waals surface area contributed by atoms with Gasteiger partial charge in [-0.1, -0.05) is 6.92 Å². The lowest BCUT2D eigenvalue weighted by molar-refractivity contribution is 0.285. The van der Waals surface area contributed by atoms with Crippen molar-refractivity contribution in [2.75, 3.05) is 13.2 Å². The Morgan fingerprint density at radius 3 is 2.78 bits per heavy atom. The second-order valence-corrected chi connectivity index (χ2v) is 2.85. The Kier molecular flexibility index (Phi) is 2.49. The van der Waals surface area contributed by atoms with Crippen LogP contribution in [0, 0.1) is 5.92 Å². The zero-order valence-corrected chi connectivity index (χ0v) is 5.93. The molecule has 0 aliphatic heterocycles. The molecule has 9 heavy (non-hydrogen) atoms. The first-order valence-electron chi connectivity index (χ1n) is 3.69. The van der Waals surface area contributed by atoms with Gasteiger partial charge in [0.1, 0.15) is 0 Å². The smallest absolute Gasteiger partial charge is 0.0443 e. The quantitative estimate of drug-likeness (QED) is 0.537. The van der Waals surface area contributed by atoms with E-state index in [1.165, 1.54) is 6.42 Å². The Morgan fingerprint density at radius 2 is 2.33 bits per heavy atom. The van der Waals surface area contributed by atoms with Crippen LogP contribution in [0.5, 0.6) is 0 Å². The summed E-state index contributed by atoms with van der Waals surface area (Å²) >= 11 is 0. The predicted octanol–water partition coefficient (Wildman–Crippen LogP) is 0.367. The molecule has 2 N–H and O–H groups in total. The number of aliphatic hydroxyl groups is 1. The molecule has 1 rings (SSSR count). The lowest BCUT2D eigenvalue weighted by atomic mass is 10.4. The lowest BCUT2D eigenvalue weighted by Gasteiger charge is -1.98. The first kappa shape index (κ1) is 7.03. The van der Waals surface area contributed by atoms with E-state index in [-0.39, 0.29) is 0 Å². The van der Waals surface area contributed by atoms with Crippen LogP contribution in [-0.4, -0.2) is 24.3 Å². The van der Waals surface area contributed by atoms with Gasteiger partial charge >= 0.3 is 0 Å². The van der Waals surface area contributed by atoms with Crippen molar-refractivity contribution in [1.82, 2.24) is 5.32 Å². The summed E-state index contributed by atoms with van der Waals surface area (Å²) in [5.41, 5.74) is 0. The van der Waals surface area contributed by atoms with E-state index in [1.54, 1.807) is 0 Å². The van der Waals surface area contributed by atoms with Crippen LogP contribution in [0.25, 0.3) is 0 Å². The van der Waals surface area contributed by atoms with Gasteiger partial charge in [0, 0.05) is 12.6 Å². The third-order valence-electron chi connectivity index (χ3n) is 1.85. The summed E-state index contributed by atoms with van der Waals surface area (Å²) in [7, 11) is 0. The van der Waals surface area contributed by atoms with Crippen LogP contribution in [0.15, 0.2) is 0 Å². The fourth-order valence-electron chi connectivity index (χ4n) is 0.973. The van der Waals surface area contributed by atoms with E-state index in [2.05, 4.69) is 12.2 Å². The number of rotatable bonds is 4. The fourth-order valence-corrected chi connectivity index (χ4v) is 0.973. The minimum absolute atomic E-state index is 0.314. The van der Waals surface area contributed by atoms with Gasteiger partial charge in [-0.2, -0.15) is 0 Å². The molecule has 2 atom stereocenters. The van der Waals surface area contributed by atoms with Gasteiger partial charge in [-0.05, 0) is 25.3 Å². The molecule has 1 aliphatic rings. The zero-order chi connectivity index (χ0) is 6.69. The van der Waals surface area contributed by atoms with Crippen molar-refractivity contribution in [1.29, 1.82) is 0 Å². The molecule has 0 spiro atoms. The summed E-state index contributed by atoms with van der Waals surface area (Å²) in [6, 6.07) is 0.761. The zero-order valence-electron chi connectivity index (χ0n) is 5.93. The molecule has 54 valence electrons. The standard InChI is InChI=1S/C7H15NO/c1-6-5-7(6)8-3-2-4-9/h6-9H,2-5H2,1H3. The van der Waals surface area contributed by atoms with Crippen molar-refractivity contribution >= 4 is 0 Å². The summed E-state index contributed by atoms with van der Waals surface area (Å²) < 4.78 is 0. The summed E-state index contributed by atoms with van der Waals surface area (Å²) in [6.07, 6.45) is 2.22. The summed E-state index contributed by atoms with van der Waals surface area (Å²) in [5, 5.41) is 11.8. The van der Waals surface area contributed by atoms with E-state index in [9.17, 15) is 0 Å². The number of hydrogen-bond donors (Lipinski definition) is 2. The van der Waals surface area contributed by atoms with Crippen molar-refractivity contribution in [3.63, 3.8) is 0 Å². The van der Waals surface area contributed by atoms with E-state index in [4.69, 9.17) is 5.11 Å². The van der Waals surface area contributed by atoms with Gasteiger partial charge in [0.25, 0.3) is 0 Å². The first-order valence-corrected chi connectivity index (χ1v) is 3.69. The number of aliphatic hydroxyl groups excluding tert-OH is 1. The Bertz CT molecular complexity index is 85.0. The minimum Gasteiger partial charge on any atom is -0.396 e. The molecule has 0 radical (unpaired) electrons. The highest BCUT2D eigenvalue weighted by molar-refractivity contribution is 4.89. The van der Waals surface area contributed by atoms with Crippen molar-refractivity contribution in [2.45, 2.75) is 25.8 Å². The molecule has 0 amide bonds. The minimum atomic E-state index is 0.314. The summed E-state index contributed by atoms with van der Waals surface area (Å²) in [6.45, 7) is 3.54. The summed E-state index contributed by atoms with van der Waals surface area (Å²) in [5.74, 6) is 0.878. The normalized spacial score (nSPS) is 32.7. The molecule has 0 aromatic rings. The molecule has 0 heterocycles. The largest absolute Gasteiger partial charge is 0.396 e. The molecule has 2 heteroatoms. The van der Waals surface area contributed by atoms with E-state index >= 15 is 0 Å². The third kappa shape index (κ3) is 2.33. The summed E-state index contributed by atoms with van der Waals surface area (Å²) in [4.78, 5) is 0. The SMILES string of the molecule is CC1CC1NCCCO. The van der Waals surface area contributed by atoms with E-state index in [1.807, 2.05) is 0 Å². The Morgan fingerprint density at radius 1 is 1.67 bits per heavy atom. The Labute approximate surface area is 56.3 Å². The molecule has 1 saturated carbocycles. The van der Waals surface area contributed by atoms with Gasteiger partial charge in [-0.3, -0.25) is 0 Å². The number of nitrogens with one attached hydrogen (secondary N) is 1. The average molecular weight is 129 g/mol. The Hall–Kier alpha value is -0.0800. The van der Waals surface area contributed by atoms with Gasteiger partial charge in [-0.25, -0.2) is 0 Å². The van der Waals surface area contributed by atoms with Crippen LogP contribution >= 0.6 is 0 Å². The maximum Gasteiger partial charge on any atom is 0.0443 e. The van der Waals surface area contributed by atoms with Gasteiger partial charge in [0.05, 0.1) is 0 Å². The molecule has 0 bridgehead atoms. The Balaban J connectivity index is 1.83. The molecule has 2 unspecified atom stereocenters. The molecule has 0 aromatic heterocycles. The van der Waals surface area contributed by atoms with E-state index in [0.717, 1.165) is 24.9 Å². The van der Waals surface area contributed by atoms with Crippen molar-refractivity contribution in [3.05, 3.63) is 0 Å². The monoisotopic (exact) mass is 129 g/mol. The van der Waals surface area contributed by atoms with Gasteiger partial charge in [-0.15, -0.1) is 0 Å².